The van der Waals surface area contributed by atoms with E-state index in [2.05, 4.69) is 5.32 Å². The molecule has 2 unspecified atom stereocenters. The number of benzene rings is 2. The summed E-state index contributed by atoms with van der Waals surface area (Å²) in [5, 5.41) is 4.17. The van der Waals surface area contributed by atoms with E-state index in [1.165, 1.54) is 23.1 Å². The molecule has 0 bridgehead atoms. The lowest BCUT2D eigenvalue weighted by Gasteiger charge is -2.15. The number of aromatic nitrogens is 1. The Morgan fingerprint density at radius 2 is 1.88 bits per heavy atom. The maximum atomic E-state index is 14.6. The third-order valence-electron chi connectivity index (χ3n) is 6.32. The highest BCUT2D eigenvalue weighted by Gasteiger charge is 2.33. The van der Waals surface area contributed by atoms with Crippen LogP contribution in [0, 0.1) is 18.6 Å². The number of anilines is 1. The van der Waals surface area contributed by atoms with Crippen molar-refractivity contribution in [1.29, 1.82) is 0 Å². The number of aryl methyl sites for hydroxylation is 1. The SMILES string of the molecule is Cc1ccc(N2CC(CCNCC3Cn4c(=O)ccc5ccc(F)c3c54)OC2=O)cc1F. The predicted molar refractivity (Wildman–Crippen MR) is 117 cm³/mol. The first-order valence-electron chi connectivity index (χ1n) is 10.7. The lowest BCUT2D eigenvalue weighted by atomic mass is 9.99. The Bertz CT molecular complexity index is 1270. The number of nitrogens with zero attached hydrogens (tertiary/aromatic N) is 2. The summed E-state index contributed by atoms with van der Waals surface area (Å²) >= 11 is 0. The summed E-state index contributed by atoms with van der Waals surface area (Å²) in [5.41, 5.74) is 2.12. The minimum absolute atomic E-state index is 0.127. The Morgan fingerprint density at radius 1 is 1.06 bits per heavy atom. The first-order chi connectivity index (χ1) is 15.4. The fourth-order valence-corrected chi connectivity index (χ4v) is 4.62. The van der Waals surface area contributed by atoms with Crippen LogP contribution in [0.2, 0.25) is 0 Å². The number of cyclic esters (lactones) is 1. The van der Waals surface area contributed by atoms with Gasteiger partial charge in [-0.3, -0.25) is 9.69 Å². The molecule has 3 heterocycles. The number of carbonyl (C=O) groups excluding carboxylic acids is 1. The summed E-state index contributed by atoms with van der Waals surface area (Å²) in [4.78, 5) is 25.9. The molecule has 1 fully saturated rings. The molecule has 2 aliphatic heterocycles. The molecule has 0 radical (unpaired) electrons. The smallest absolute Gasteiger partial charge is 0.414 e. The third-order valence-corrected chi connectivity index (χ3v) is 6.32. The number of rotatable bonds is 6. The molecule has 2 atom stereocenters. The molecule has 5 rings (SSSR count). The molecule has 0 spiro atoms. The van der Waals surface area contributed by atoms with Crippen molar-refractivity contribution < 1.29 is 18.3 Å². The number of carbonyl (C=O) groups is 1. The highest BCUT2D eigenvalue weighted by atomic mass is 19.1. The van der Waals surface area contributed by atoms with E-state index in [1.54, 1.807) is 35.8 Å². The quantitative estimate of drug-likeness (QED) is 0.595. The van der Waals surface area contributed by atoms with Gasteiger partial charge in [-0.15, -0.1) is 0 Å². The Hall–Kier alpha value is -3.26. The summed E-state index contributed by atoms with van der Waals surface area (Å²) in [6.07, 6.45) is -0.233. The molecule has 166 valence electrons. The molecule has 1 amide bonds. The van der Waals surface area contributed by atoms with E-state index in [9.17, 15) is 18.4 Å². The molecule has 1 saturated heterocycles. The van der Waals surface area contributed by atoms with Crippen molar-refractivity contribution in [2.45, 2.75) is 31.9 Å². The van der Waals surface area contributed by atoms with Gasteiger partial charge >= 0.3 is 6.09 Å². The Morgan fingerprint density at radius 3 is 2.69 bits per heavy atom. The van der Waals surface area contributed by atoms with Crippen LogP contribution in [0.25, 0.3) is 10.9 Å². The van der Waals surface area contributed by atoms with Crippen molar-refractivity contribution in [2.24, 2.45) is 0 Å². The lowest BCUT2D eigenvalue weighted by molar-refractivity contribution is 0.136. The van der Waals surface area contributed by atoms with Crippen LogP contribution in [0.1, 0.15) is 23.5 Å². The van der Waals surface area contributed by atoms with E-state index in [1.807, 2.05) is 0 Å². The minimum atomic E-state index is -0.488. The Kier molecular flexibility index (Phi) is 5.17. The van der Waals surface area contributed by atoms with Gasteiger partial charge in [0.2, 0.25) is 0 Å². The second-order valence-electron chi connectivity index (χ2n) is 8.42. The summed E-state index contributed by atoms with van der Waals surface area (Å²) < 4.78 is 35.5. The monoisotopic (exact) mass is 439 g/mol. The van der Waals surface area contributed by atoms with E-state index >= 15 is 0 Å². The maximum Gasteiger partial charge on any atom is 0.414 e. The molecule has 32 heavy (non-hydrogen) atoms. The van der Waals surface area contributed by atoms with E-state index in [0.29, 0.717) is 54.9 Å². The fraction of sp³-hybridized carbons (Fsp3) is 0.333. The number of pyridine rings is 1. The van der Waals surface area contributed by atoms with Gasteiger partial charge in [-0.05, 0) is 61.2 Å². The maximum absolute atomic E-state index is 14.6. The topological polar surface area (TPSA) is 63.6 Å². The van der Waals surface area contributed by atoms with Crippen LogP contribution in [-0.4, -0.2) is 36.4 Å². The summed E-state index contributed by atoms with van der Waals surface area (Å²) in [7, 11) is 0. The zero-order chi connectivity index (χ0) is 22.4. The van der Waals surface area contributed by atoms with Crippen LogP contribution in [0.4, 0.5) is 19.3 Å². The molecule has 1 aromatic heterocycles. The lowest BCUT2D eigenvalue weighted by Crippen LogP contribution is -2.28. The average Bonchev–Trinajstić information content (AvgIpc) is 3.34. The zero-order valence-corrected chi connectivity index (χ0v) is 17.6. The Labute approximate surface area is 183 Å². The van der Waals surface area contributed by atoms with Crippen molar-refractivity contribution in [3.63, 3.8) is 0 Å². The van der Waals surface area contributed by atoms with E-state index in [-0.39, 0.29) is 29.2 Å². The number of hydrogen-bond donors (Lipinski definition) is 1. The zero-order valence-electron chi connectivity index (χ0n) is 17.6. The van der Waals surface area contributed by atoms with E-state index in [0.717, 1.165) is 5.39 Å². The van der Waals surface area contributed by atoms with Gasteiger partial charge in [0, 0.05) is 30.6 Å². The predicted octanol–water partition coefficient (Wildman–Crippen LogP) is 3.69. The summed E-state index contributed by atoms with van der Waals surface area (Å²) in [6, 6.07) is 11.1. The summed E-state index contributed by atoms with van der Waals surface area (Å²) in [6.45, 7) is 3.52. The Balaban J connectivity index is 1.19. The highest BCUT2D eigenvalue weighted by molar-refractivity contribution is 5.89. The van der Waals surface area contributed by atoms with Crippen molar-refractivity contribution in [3.8, 4) is 0 Å². The van der Waals surface area contributed by atoms with Gasteiger partial charge in [0.1, 0.15) is 17.7 Å². The van der Waals surface area contributed by atoms with Crippen molar-refractivity contribution in [3.05, 3.63) is 75.6 Å². The molecule has 0 saturated carbocycles. The largest absolute Gasteiger partial charge is 0.444 e. The van der Waals surface area contributed by atoms with Gasteiger partial charge in [-0.25, -0.2) is 13.6 Å². The van der Waals surface area contributed by atoms with Crippen LogP contribution in [0.15, 0.2) is 47.3 Å². The normalized spacial score (nSPS) is 19.7. The van der Waals surface area contributed by atoms with Crippen LogP contribution in [0.5, 0.6) is 0 Å². The number of halogens is 2. The standard InChI is InChI=1S/C24H23F2N3O3/c1-14-2-5-17(10-20(14)26)28-13-18(32-24(28)31)8-9-27-11-16-12-29-21(30)7-4-15-3-6-19(25)22(16)23(15)29/h2-7,10,16,18,27H,8-9,11-13H2,1H3. The third kappa shape index (κ3) is 3.54. The van der Waals surface area contributed by atoms with Gasteiger partial charge in [-0.1, -0.05) is 6.07 Å². The average molecular weight is 439 g/mol. The van der Waals surface area contributed by atoms with Crippen molar-refractivity contribution in [2.75, 3.05) is 24.5 Å². The van der Waals surface area contributed by atoms with Crippen molar-refractivity contribution >= 4 is 22.7 Å². The number of amides is 1. The fourth-order valence-electron chi connectivity index (χ4n) is 4.62. The molecule has 1 N–H and O–H groups in total. The number of ether oxygens (including phenoxy) is 1. The molecular formula is C24H23F2N3O3. The first-order valence-corrected chi connectivity index (χ1v) is 10.7. The van der Waals surface area contributed by atoms with Gasteiger partial charge in [0.15, 0.2) is 0 Å². The first kappa shape index (κ1) is 20.6. The molecule has 3 aromatic rings. The van der Waals surface area contributed by atoms with E-state index < -0.39 is 6.09 Å². The van der Waals surface area contributed by atoms with Crippen LogP contribution in [0.3, 0.4) is 0 Å². The molecule has 2 aromatic carbocycles. The second kappa shape index (κ2) is 8.02. The number of hydrogen-bond acceptors (Lipinski definition) is 4. The van der Waals surface area contributed by atoms with Gasteiger partial charge in [-0.2, -0.15) is 0 Å². The molecule has 0 aliphatic carbocycles. The number of nitrogens with one attached hydrogen (secondary N) is 1. The van der Waals surface area contributed by atoms with E-state index in [4.69, 9.17) is 4.74 Å². The minimum Gasteiger partial charge on any atom is -0.444 e. The van der Waals surface area contributed by atoms with Crippen LogP contribution < -0.4 is 15.8 Å². The van der Waals surface area contributed by atoms with Crippen molar-refractivity contribution in [1.82, 2.24) is 9.88 Å². The molecule has 2 aliphatic rings. The van der Waals surface area contributed by atoms with Gasteiger partial charge < -0.3 is 14.6 Å². The van der Waals surface area contributed by atoms with Gasteiger partial charge in [0.05, 0.1) is 17.7 Å². The van der Waals surface area contributed by atoms with Gasteiger partial charge in [0.25, 0.3) is 5.56 Å². The molecule has 8 heteroatoms. The molecule has 6 nitrogen and oxygen atoms in total. The summed E-state index contributed by atoms with van der Waals surface area (Å²) in [5.74, 6) is -0.807. The highest BCUT2D eigenvalue weighted by Crippen LogP contribution is 2.34. The van der Waals surface area contributed by atoms with Crippen LogP contribution >= 0.6 is 0 Å². The molecular weight excluding hydrogens is 416 g/mol. The van der Waals surface area contributed by atoms with Crippen LogP contribution in [-0.2, 0) is 11.3 Å². The second-order valence-corrected chi connectivity index (χ2v) is 8.42.